The standard InChI is InChI=1S/C23H43N3O6S/c1-17(19(3)22(29)18(2)14-27)7-10-31-11-12-32-15-21(28)25-8-5-4-6-20(24)23(30)26-9-13-33-16-26/h17-20,27H,4-16,24H2,1-3H3,(H,25,28)/t17?,18-,19?,20?/m0/s1. The second-order valence-corrected chi connectivity index (χ2v) is 9.87. The van der Waals surface area contributed by atoms with E-state index in [0.717, 1.165) is 37.4 Å². The third kappa shape index (κ3) is 12.2. The minimum absolute atomic E-state index is 0.0189. The number of thioether (sulfide) groups is 1. The molecule has 0 radical (unpaired) electrons. The van der Waals surface area contributed by atoms with Crippen LogP contribution in [0.4, 0.5) is 0 Å². The minimum Gasteiger partial charge on any atom is -0.396 e. The number of ether oxygens (including phenoxy) is 2. The van der Waals surface area contributed by atoms with Gasteiger partial charge in [0, 0.05) is 37.3 Å². The van der Waals surface area contributed by atoms with Gasteiger partial charge < -0.3 is 30.5 Å². The summed E-state index contributed by atoms with van der Waals surface area (Å²) >= 11 is 1.74. The van der Waals surface area contributed by atoms with Gasteiger partial charge in [-0.05, 0) is 31.6 Å². The van der Waals surface area contributed by atoms with Gasteiger partial charge in [-0.25, -0.2) is 0 Å². The number of nitrogens with zero attached hydrogens (tertiary/aromatic N) is 1. The van der Waals surface area contributed by atoms with Crippen molar-refractivity contribution in [2.75, 3.05) is 57.8 Å². The fourth-order valence-electron chi connectivity index (χ4n) is 3.44. The van der Waals surface area contributed by atoms with E-state index < -0.39 is 6.04 Å². The van der Waals surface area contributed by atoms with E-state index >= 15 is 0 Å². The second-order valence-electron chi connectivity index (χ2n) is 8.80. The lowest BCUT2D eigenvalue weighted by Crippen LogP contribution is -2.42. The molecule has 0 aromatic heterocycles. The highest BCUT2D eigenvalue weighted by Gasteiger charge is 2.24. The fraction of sp³-hybridized carbons (Fsp3) is 0.870. The van der Waals surface area contributed by atoms with E-state index in [9.17, 15) is 14.4 Å². The second kappa shape index (κ2) is 17.3. The molecule has 33 heavy (non-hydrogen) atoms. The summed E-state index contributed by atoms with van der Waals surface area (Å²) in [5.74, 6) is 1.36. The van der Waals surface area contributed by atoms with Gasteiger partial charge >= 0.3 is 0 Å². The number of nitrogens with two attached hydrogens (primary N) is 1. The molecular formula is C23H43N3O6S. The molecule has 0 saturated carbocycles. The third-order valence-electron chi connectivity index (χ3n) is 6.03. The van der Waals surface area contributed by atoms with Crippen LogP contribution < -0.4 is 11.1 Å². The number of ketones is 1. The van der Waals surface area contributed by atoms with Gasteiger partial charge in [0.05, 0.1) is 31.7 Å². The summed E-state index contributed by atoms with van der Waals surface area (Å²) in [6.07, 6.45) is 2.92. The number of hydrogen-bond donors (Lipinski definition) is 3. The molecule has 10 heteroatoms. The van der Waals surface area contributed by atoms with Crippen molar-refractivity contribution in [1.82, 2.24) is 10.2 Å². The Balaban J connectivity index is 1.96. The molecule has 0 aliphatic carbocycles. The first-order chi connectivity index (χ1) is 15.8. The zero-order chi connectivity index (χ0) is 24.6. The number of carbonyl (C=O) groups excluding carboxylic acids is 3. The van der Waals surface area contributed by atoms with Gasteiger partial charge in [-0.1, -0.05) is 20.8 Å². The Bertz CT molecular complexity index is 589. The quantitative estimate of drug-likeness (QED) is 0.243. The van der Waals surface area contributed by atoms with Crippen LogP contribution in [0.15, 0.2) is 0 Å². The van der Waals surface area contributed by atoms with Crippen LogP contribution in [0.1, 0.15) is 46.5 Å². The Kier molecular flexibility index (Phi) is 15.6. The van der Waals surface area contributed by atoms with Crippen molar-refractivity contribution >= 4 is 29.4 Å². The number of rotatable bonds is 18. The predicted octanol–water partition coefficient (Wildman–Crippen LogP) is 1.03. The average molecular weight is 490 g/mol. The van der Waals surface area contributed by atoms with Crippen molar-refractivity contribution in [2.45, 2.75) is 52.5 Å². The highest BCUT2D eigenvalue weighted by atomic mass is 32.2. The molecule has 9 nitrogen and oxygen atoms in total. The Morgan fingerprint density at radius 3 is 2.48 bits per heavy atom. The lowest BCUT2D eigenvalue weighted by Gasteiger charge is -2.21. The van der Waals surface area contributed by atoms with Crippen LogP contribution in [0.2, 0.25) is 0 Å². The molecule has 4 N–H and O–H groups in total. The van der Waals surface area contributed by atoms with Crippen LogP contribution in [0, 0.1) is 17.8 Å². The first-order valence-electron chi connectivity index (χ1n) is 12.0. The van der Waals surface area contributed by atoms with Crippen molar-refractivity contribution in [3.05, 3.63) is 0 Å². The van der Waals surface area contributed by atoms with Gasteiger partial charge in [-0.2, -0.15) is 0 Å². The van der Waals surface area contributed by atoms with E-state index in [2.05, 4.69) is 5.32 Å². The molecule has 0 aromatic rings. The molecule has 0 spiro atoms. The van der Waals surface area contributed by atoms with Crippen molar-refractivity contribution in [3.63, 3.8) is 0 Å². The normalized spacial score (nSPS) is 17.4. The number of carbonyl (C=O) groups is 3. The van der Waals surface area contributed by atoms with Crippen molar-refractivity contribution in [2.24, 2.45) is 23.5 Å². The molecule has 4 atom stereocenters. The van der Waals surface area contributed by atoms with Crippen LogP contribution >= 0.6 is 11.8 Å². The van der Waals surface area contributed by atoms with Gasteiger partial charge in [0.25, 0.3) is 0 Å². The SMILES string of the molecule is CC(CCOCCOCC(=O)NCCCCC(N)C(=O)N1CCSC1)C(C)C(=O)[C@@H](C)CO. The maximum atomic E-state index is 12.1. The minimum atomic E-state index is -0.460. The number of hydrogen-bond acceptors (Lipinski definition) is 8. The molecule has 2 amide bonds. The highest BCUT2D eigenvalue weighted by molar-refractivity contribution is 7.99. The van der Waals surface area contributed by atoms with Gasteiger partial charge in [0.2, 0.25) is 11.8 Å². The topological polar surface area (TPSA) is 131 Å². The summed E-state index contributed by atoms with van der Waals surface area (Å²) in [5, 5.41) is 11.9. The number of unbranched alkanes of at least 4 members (excludes halogenated alkanes) is 1. The van der Waals surface area contributed by atoms with Crippen LogP contribution in [-0.2, 0) is 23.9 Å². The van der Waals surface area contributed by atoms with Crippen molar-refractivity contribution in [3.8, 4) is 0 Å². The predicted molar refractivity (Wildman–Crippen MR) is 130 cm³/mol. The lowest BCUT2D eigenvalue weighted by atomic mass is 9.85. The van der Waals surface area contributed by atoms with E-state index in [0.29, 0.717) is 32.8 Å². The molecule has 1 rings (SSSR count). The maximum Gasteiger partial charge on any atom is 0.245 e. The first-order valence-corrected chi connectivity index (χ1v) is 13.1. The molecular weight excluding hydrogens is 446 g/mol. The first kappa shape index (κ1) is 29.8. The molecule has 192 valence electrons. The van der Waals surface area contributed by atoms with E-state index in [4.69, 9.17) is 20.3 Å². The van der Waals surface area contributed by atoms with Gasteiger partial charge in [0.15, 0.2) is 0 Å². The zero-order valence-electron chi connectivity index (χ0n) is 20.4. The monoisotopic (exact) mass is 489 g/mol. The van der Waals surface area contributed by atoms with E-state index in [1.165, 1.54) is 0 Å². The number of aliphatic hydroxyl groups is 1. The summed E-state index contributed by atoms with van der Waals surface area (Å²) in [6, 6.07) is -0.460. The van der Waals surface area contributed by atoms with E-state index in [-0.39, 0.29) is 48.6 Å². The molecule has 1 fully saturated rings. The highest BCUT2D eigenvalue weighted by Crippen LogP contribution is 2.19. The summed E-state index contributed by atoms with van der Waals surface area (Å²) in [7, 11) is 0. The van der Waals surface area contributed by atoms with Crippen LogP contribution in [-0.4, -0.2) is 91.4 Å². The molecule has 1 aliphatic rings. The van der Waals surface area contributed by atoms with Crippen molar-refractivity contribution < 1.29 is 29.0 Å². The smallest absolute Gasteiger partial charge is 0.245 e. The van der Waals surface area contributed by atoms with Gasteiger partial charge in [-0.15, -0.1) is 11.8 Å². The Hall–Kier alpha value is -1.20. The maximum absolute atomic E-state index is 12.1. The number of amides is 2. The summed E-state index contributed by atoms with van der Waals surface area (Å²) in [5.41, 5.74) is 5.97. The molecule has 1 aliphatic heterocycles. The number of aliphatic hydroxyl groups excluding tert-OH is 1. The van der Waals surface area contributed by atoms with Crippen molar-refractivity contribution in [1.29, 1.82) is 0 Å². The Labute approximate surface area is 202 Å². The lowest BCUT2D eigenvalue weighted by molar-refractivity contribution is -0.131. The van der Waals surface area contributed by atoms with Crippen LogP contribution in [0.25, 0.3) is 0 Å². The summed E-state index contributed by atoms with van der Waals surface area (Å²) in [4.78, 5) is 37.8. The van der Waals surface area contributed by atoms with Crippen LogP contribution in [0.5, 0.6) is 0 Å². The largest absolute Gasteiger partial charge is 0.396 e. The molecule has 1 heterocycles. The zero-order valence-corrected chi connectivity index (χ0v) is 21.2. The average Bonchev–Trinajstić information content (AvgIpc) is 3.35. The number of nitrogens with one attached hydrogen (secondary N) is 1. The summed E-state index contributed by atoms with van der Waals surface area (Å²) in [6.45, 7) is 8.04. The molecule has 0 aromatic carbocycles. The molecule has 3 unspecified atom stereocenters. The van der Waals surface area contributed by atoms with Crippen LogP contribution in [0.3, 0.4) is 0 Å². The van der Waals surface area contributed by atoms with E-state index in [1.807, 2.05) is 13.8 Å². The molecule has 0 bridgehead atoms. The molecule has 1 saturated heterocycles. The fourth-order valence-corrected chi connectivity index (χ4v) is 4.39. The number of Topliss-reactive ketones (excluding diaryl/α,β-unsaturated/α-hetero) is 1. The van der Waals surface area contributed by atoms with Gasteiger partial charge in [-0.3, -0.25) is 14.4 Å². The van der Waals surface area contributed by atoms with E-state index in [1.54, 1.807) is 23.6 Å². The summed E-state index contributed by atoms with van der Waals surface area (Å²) < 4.78 is 10.9. The third-order valence-corrected chi connectivity index (χ3v) is 7.00. The van der Waals surface area contributed by atoms with Gasteiger partial charge in [0.1, 0.15) is 12.4 Å². The Morgan fingerprint density at radius 1 is 1.09 bits per heavy atom. The Morgan fingerprint density at radius 2 is 1.82 bits per heavy atom.